The molecule has 1 aromatic heterocycles. The number of halogens is 1. The van der Waals surface area contributed by atoms with Gasteiger partial charge in [0.1, 0.15) is 12.6 Å². The smallest absolute Gasteiger partial charge is 0.235 e. The molecular weight excluding hydrogens is 360 g/mol. The van der Waals surface area contributed by atoms with Gasteiger partial charge in [-0.2, -0.15) is 10.2 Å². The molecule has 2 heterocycles. The highest BCUT2D eigenvalue weighted by atomic mass is 35.5. The van der Waals surface area contributed by atoms with Crippen LogP contribution in [0.3, 0.4) is 0 Å². The molecule has 27 heavy (non-hydrogen) atoms. The fraction of sp³-hybridized carbons (Fsp3) is 0.238. The lowest BCUT2D eigenvalue weighted by molar-refractivity contribution is -0.914. The fourth-order valence-electron chi connectivity index (χ4n) is 3.44. The van der Waals surface area contributed by atoms with Gasteiger partial charge in [0.2, 0.25) is 17.5 Å². The molecule has 0 saturated carbocycles. The zero-order valence-electron chi connectivity index (χ0n) is 14.9. The summed E-state index contributed by atoms with van der Waals surface area (Å²) in [6, 6.07) is 20.1. The zero-order valence-corrected chi connectivity index (χ0v) is 15.6. The Kier molecular flexibility index (Phi) is 5.10. The SMILES string of the molecule is N#Cc1nc(-c2ccccc2Cl)oc1N1CC[NH+](Cc2ccccc2)CC1. The maximum atomic E-state index is 9.49. The van der Waals surface area contributed by atoms with Crippen LogP contribution in [-0.2, 0) is 6.54 Å². The molecular formula is C21H20ClN4O+. The quantitative estimate of drug-likeness (QED) is 0.757. The van der Waals surface area contributed by atoms with Crippen molar-refractivity contribution >= 4 is 17.5 Å². The fourth-order valence-corrected chi connectivity index (χ4v) is 3.65. The minimum absolute atomic E-state index is 0.316. The molecule has 4 rings (SSSR count). The molecule has 0 bridgehead atoms. The van der Waals surface area contributed by atoms with Crippen molar-refractivity contribution < 1.29 is 9.32 Å². The van der Waals surface area contributed by atoms with Crippen LogP contribution in [0, 0.1) is 11.3 Å². The maximum absolute atomic E-state index is 9.49. The molecule has 2 aromatic carbocycles. The van der Waals surface area contributed by atoms with Crippen LogP contribution in [0.25, 0.3) is 11.5 Å². The molecule has 0 spiro atoms. The predicted octanol–water partition coefficient (Wildman–Crippen LogP) is 2.77. The molecule has 0 radical (unpaired) electrons. The monoisotopic (exact) mass is 379 g/mol. The van der Waals surface area contributed by atoms with E-state index in [1.54, 1.807) is 6.07 Å². The van der Waals surface area contributed by atoms with Crippen LogP contribution in [0.2, 0.25) is 5.02 Å². The van der Waals surface area contributed by atoms with Crippen molar-refractivity contribution in [1.82, 2.24) is 4.98 Å². The van der Waals surface area contributed by atoms with Crippen LogP contribution >= 0.6 is 11.6 Å². The largest absolute Gasteiger partial charge is 0.419 e. The maximum Gasteiger partial charge on any atom is 0.235 e. The van der Waals surface area contributed by atoms with Crippen LogP contribution in [0.4, 0.5) is 5.88 Å². The average Bonchev–Trinajstić information content (AvgIpc) is 3.14. The molecule has 1 saturated heterocycles. The van der Waals surface area contributed by atoms with Gasteiger partial charge >= 0.3 is 0 Å². The summed E-state index contributed by atoms with van der Waals surface area (Å²) in [4.78, 5) is 8.00. The van der Waals surface area contributed by atoms with E-state index >= 15 is 0 Å². The highest BCUT2D eigenvalue weighted by Crippen LogP contribution is 2.32. The van der Waals surface area contributed by atoms with Crippen molar-refractivity contribution in [1.29, 1.82) is 5.26 Å². The summed E-state index contributed by atoms with van der Waals surface area (Å²) < 4.78 is 5.96. The molecule has 0 unspecified atom stereocenters. The number of aromatic nitrogens is 1. The van der Waals surface area contributed by atoms with Gasteiger partial charge < -0.3 is 14.2 Å². The van der Waals surface area contributed by atoms with E-state index in [0.717, 1.165) is 32.7 Å². The summed E-state index contributed by atoms with van der Waals surface area (Å²) in [5.41, 5.74) is 2.37. The molecule has 6 heteroatoms. The number of benzene rings is 2. The molecule has 0 aliphatic carbocycles. The molecule has 136 valence electrons. The number of anilines is 1. The van der Waals surface area contributed by atoms with Gasteiger partial charge in [0, 0.05) is 5.56 Å². The Labute approximate surface area is 163 Å². The lowest BCUT2D eigenvalue weighted by atomic mass is 10.2. The second-order valence-corrected chi connectivity index (χ2v) is 7.07. The van der Waals surface area contributed by atoms with E-state index in [0.29, 0.717) is 28.1 Å². The summed E-state index contributed by atoms with van der Waals surface area (Å²) in [5, 5.41) is 10.1. The lowest BCUT2D eigenvalue weighted by Gasteiger charge is -2.32. The van der Waals surface area contributed by atoms with E-state index in [1.807, 2.05) is 24.3 Å². The van der Waals surface area contributed by atoms with E-state index in [-0.39, 0.29) is 0 Å². The summed E-state index contributed by atoms with van der Waals surface area (Å²) in [7, 11) is 0. The Bertz CT molecular complexity index is 956. The van der Waals surface area contributed by atoms with Gasteiger partial charge in [0.25, 0.3) is 0 Å². The van der Waals surface area contributed by atoms with Crippen LogP contribution in [0.15, 0.2) is 59.0 Å². The Morgan fingerprint density at radius 3 is 2.48 bits per heavy atom. The second-order valence-electron chi connectivity index (χ2n) is 6.66. The number of nitrogens with one attached hydrogen (secondary N) is 1. The Morgan fingerprint density at radius 1 is 1.07 bits per heavy atom. The minimum atomic E-state index is 0.316. The van der Waals surface area contributed by atoms with Gasteiger partial charge in [-0.3, -0.25) is 0 Å². The van der Waals surface area contributed by atoms with E-state index in [4.69, 9.17) is 16.0 Å². The molecule has 5 nitrogen and oxygen atoms in total. The van der Waals surface area contributed by atoms with Crippen molar-refractivity contribution in [2.75, 3.05) is 31.1 Å². The van der Waals surface area contributed by atoms with E-state index < -0.39 is 0 Å². The van der Waals surface area contributed by atoms with Gasteiger partial charge in [-0.1, -0.05) is 54.1 Å². The number of quaternary nitrogens is 1. The highest BCUT2D eigenvalue weighted by molar-refractivity contribution is 6.33. The Hall–Kier alpha value is -2.81. The van der Waals surface area contributed by atoms with Crippen LogP contribution < -0.4 is 9.80 Å². The van der Waals surface area contributed by atoms with Crippen LogP contribution in [0.5, 0.6) is 0 Å². The molecule has 1 aliphatic rings. The first-order valence-corrected chi connectivity index (χ1v) is 9.40. The van der Waals surface area contributed by atoms with Gasteiger partial charge in [0.15, 0.2) is 0 Å². The van der Waals surface area contributed by atoms with Gasteiger partial charge in [-0.05, 0) is 12.1 Å². The number of hydrogen-bond acceptors (Lipinski definition) is 4. The highest BCUT2D eigenvalue weighted by Gasteiger charge is 2.26. The molecule has 1 N–H and O–H groups in total. The second kappa shape index (κ2) is 7.83. The summed E-state index contributed by atoms with van der Waals surface area (Å²) >= 11 is 6.25. The lowest BCUT2D eigenvalue weighted by Crippen LogP contribution is -3.13. The number of hydrogen-bond donors (Lipinski definition) is 1. The van der Waals surface area contributed by atoms with Gasteiger partial charge in [-0.15, -0.1) is 0 Å². The van der Waals surface area contributed by atoms with Crippen molar-refractivity contribution in [3.63, 3.8) is 0 Å². The average molecular weight is 380 g/mol. The number of nitriles is 1. The van der Waals surface area contributed by atoms with Crippen LogP contribution in [-0.4, -0.2) is 31.2 Å². The number of piperazine rings is 1. The number of rotatable bonds is 4. The number of nitrogens with zero attached hydrogens (tertiary/aromatic N) is 3. The Balaban J connectivity index is 1.48. The third kappa shape index (κ3) is 3.82. The van der Waals surface area contributed by atoms with Gasteiger partial charge in [0.05, 0.1) is 36.8 Å². The minimum Gasteiger partial charge on any atom is -0.419 e. The zero-order chi connectivity index (χ0) is 18.6. The summed E-state index contributed by atoms with van der Waals surface area (Å²) in [6.45, 7) is 4.65. The summed E-state index contributed by atoms with van der Waals surface area (Å²) in [5.74, 6) is 0.942. The van der Waals surface area contributed by atoms with Crippen LogP contribution in [0.1, 0.15) is 11.3 Å². The molecule has 1 aliphatic heterocycles. The topological polar surface area (TPSA) is 57.5 Å². The molecule has 3 aromatic rings. The third-order valence-electron chi connectivity index (χ3n) is 4.87. The molecule has 1 fully saturated rings. The van der Waals surface area contributed by atoms with E-state index in [2.05, 4.69) is 40.2 Å². The van der Waals surface area contributed by atoms with Crippen molar-refractivity contribution in [2.45, 2.75) is 6.54 Å². The van der Waals surface area contributed by atoms with Crippen molar-refractivity contribution in [2.24, 2.45) is 0 Å². The summed E-state index contributed by atoms with van der Waals surface area (Å²) in [6.07, 6.45) is 0. The van der Waals surface area contributed by atoms with E-state index in [1.165, 1.54) is 10.5 Å². The van der Waals surface area contributed by atoms with Crippen molar-refractivity contribution in [3.8, 4) is 17.5 Å². The predicted molar refractivity (Wildman–Crippen MR) is 105 cm³/mol. The van der Waals surface area contributed by atoms with Gasteiger partial charge in [-0.25, -0.2) is 0 Å². The number of oxazole rings is 1. The van der Waals surface area contributed by atoms with Crippen molar-refractivity contribution in [3.05, 3.63) is 70.9 Å². The first kappa shape index (κ1) is 17.6. The first-order valence-electron chi connectivity index (χ1n) is 9.03. The molecule has 0 amide bonds. The standard InChI is InChI=1S/C21H19ClN4O/c22-18-9-5-4-8-17(18)20-24-19(14-23)21(27-20)26-12-10-25(11-13-26)15-16-6-2-1-3-7-16/h1-9H,10-13,15H2/p+1. The van der Waals surface area contributed by atoms with E-state index in [9.17, 15) is 5.26 Å². The normalized spacial score (nSPS) is 14.9. The Morgan fingerprint density at radius 2 is 1.78 bits per heavy atom. The third-order valence-corrected chi connectivity index (χ3v) is 5.20. The first-order chi connectivity index (χ1) is 13.2. The molecule has 0 atom stereocenters.